The molecule has 1 aliphatic rings. The minimum atomic E-state index is 0.0761. The molecule has 0 aliphatic carbocycles. The summed E-state index contributed by atoms with van der Waals surface area (Å²) in [5.74, 6) is 0.830. The van der Waals surface area contributed by atoms with E-state index < -0.39 is 0 Å². The molecule has 0 unspecified atom stereocenters. The minimum Gasteiger partial charge on any atom is -0.357 e. The van der Waals surface area contributed by atoms with E-state index in [2.05, 4.69) is 44.0 Å². The summed E-state index contributed by atoms with van der Waals surface area (Å²) >= 11 is 0. The van der Waals surface area contributed by atoms with Crippen molar-refractivity contribution in [2.45, 2.75) is 26.4 Å². The van der Waals surface area contributed by atoms with E-state index in [1.165, 1.54) is 16.8 Å². The minimum absolute atomic E-state index is 0.0761. The third-order valence-corrected chi connectivity index (χ3v) is 4.99. The molecule has 1 aliphatic heterocycles. The number of aromatic nitrogens is 1. The Morgan fingerprint density at radius 1 is 1.22 bits per heavy atom. The van der Waals surface area contributed by atoms with Gasteiger partial charge in [-0.2, -0.15) is 0 Å². The van der Waals surface area contributed by atoms with Crippen molar-refractivity contribution in [3.8, 4) is 0 Å². The van der Waals surface area contributed by atoms with Gasteiger partial charge in [-0.25, -0.2) is 4.99 Å². The molecule has 0 spiro atoms. The number of hydrogen-bond donors (Lipinski definition) is 1. The Balaban J connectivity index is 1.62. The average molecular weight is 367 g/mol. The zero-order chi connectivity index (χ0) is 19.2. The van der Waals surface area contributed by atoms with Crippen LogP contribution in [0.4, 0.5) is 0 Å². The van der Waals surface area contributed by atoms with Gasteiger partial charge in [0.05, 0.1) is 6.54 Å². The van der Waals surface area contributed by atoms with Crippen molar-refractivity contribution in [2.24, 2.45) is 12.0 Å². The molecule has 1 N–H and O–H groups in total. The van der Waals surface area contributed by atoms with E-state index in [9.17, 15) is 4.79 Å². The molecular formula is C21H29N5O. The largest absolute Gasteiger partial charge is 0.357 e. The summed E-state index contributed by atoms with van der Waals surface area (Å²) in [6.45, 7) is 5.15. The predicted molar refractivity (Wildman–Crippen MR) is 108 cm³/mol. The summed E-state index contributed by atoms with van der Waals surface area (Å²) in [6, 6.07) is 12.5. The standard InChI is InChI=1S/C21H29N5O/c1-4-22-21(25(3)16-19-10-7-12-24(19)2)23-14-20(27)26-13-11-17-8-5-6-9-18(17)15-26/h5-10,12H,4,11,13-16H2,1-3H3,(H,22,23). The molecule has 27 heavy (non-hydrogen) atoms. The molecule has 0 atom stereocenters. The highest BCUT2D eigenvalue weighted by Crippen LogP contribution is 2.18. The molecule has 6 nitrogen and oxygen atoms in total. The fourth-order valence-electron chi connectivity index (χ4n) is 3.40. The number of guanidine groups is 1. The number of amides is 1. The maximum atomic E-state index is 12.7. The highest BCUT2D eigenvalue weighted by molar-refractivity contribution is 5.85. The van der Waals surface area contributed by atoms with Crippen LogP contribution in [0.5, 0.6) is 0 Å². The first-order chi connectivity index (χ1) is 13.1. The first-order valence-electron chi connectivity index (χ1n) is 9.52. The maximum absolute atomic E-state index is 12.7. The van der Waals surface area contributed by atoms with Crippen LogP contribution in [0, 0.1) is 0 Å². The monoisotopic (exact) mass is 367 g/mol. The van der Waals surface area contributed by atoms with Crippen molar-refractivity contribution in [2.75, 3.05) is 26.7 Å². The highest BCUT2D eigenvalue weighted by Gasteiger charge is 2.20. The lowest BCUT2D eigenvalue weighted by atomic mass is 10.00. The van der Waals surface area contributed by atoms with Crippen LogP contribution in [0.3, 0.4) is 0 Å². The Morgan fingerprint density at radius 2 is 2.00 bits per heavy atom. The fraction of sp³-hybridized carbons (Fsp3) is 0.429. The van der Waals surface area contributed by atoms with E-state index in [4.69, 9.17) is 0 Å². The van der Waals surface area contributed by atoms with Crippen molar-refractivity contribution in [3.63, 3.8) is 0 Å². The Labute approximate surface area is 161 Å². The van der Waals surface area contributed by atoms with Crippen LogP contribution in [0.15, 0.2) is 47.6 Å². The Kier molecular flexibility index (Phi) is 6.16. The van der Waals surface area contributed by atoms with Gasteiger partial charge in [0.15, 0.2) is 5.96 Å². The van der Waals surface area contributed by atoms with Gasteiger partial charge in [0, 0.05) is 45.6 Å². The van der Waals surface area contributed by atoms with Gasteiger partial charge in [-0.3, -0.25) is 4.79 Å². The zero-order valence-electron chi connectivity index (χ0n) is 16.5. The number of hydrogen-bond acceptors (Lipinski definition) is 2. The van der Waals surface area contributed by atoms with Gasteiger partial charge < -0.3 is 19.7 Å². The van der Waals surface area contributed by atoms with Gasteiger partial charge in [-0.1, -0.05) is 24.3 Å². The molecule has 1 aromatic carbocycles. The van der Waals surface area contributed by atoms with Crippen LogP contribution < -0.4 is 5.32 Å². The summed E-state index contributed by atoms with van der Waals surface area (Å²) in [4.78, 5) is 21.2. The van der Waals surface area contributed by atoms with E-state index in [0.717, 1.165) is 32.0 Å². The number of nitrogens with one attached hydrogen (secondary N) is 1. The van der Waals surface area contributed by atoms with E-state index in [1.54, 1.807) is 0 Å². The number of fused-ring (bicyclic) bond motifs is 1. The molecular weight excluding hydrogens is 338 g/mol. The molecule has 6 heteroatoms. The zero-order valence-corrected chi connectivity index (χ0v) is 16.5. The Morgan fingerprint density at radius 3 is 2.70 bits per heavy atom. The van der Waals surface area contributed by atoms with E-state index >= 15 is 0 Å². The lowest BCUT2D eigenvalue weighted by Crippen LogP contribution is -2.41. The smallest absolute Gasteiger partial charge is 0.244 e. The van der Waals surface area contributed by atoms with Crippen molar-refractivity contribution < 1.29 is 4.79 Å². The quantitative estimate of drug-likeness (QED) is 0.650. The van der Waals surface area contributed by atoms with E-state index in [0.29, 0.717) is 6.54 Å². The van der Waals surface area contributed by atoms with Crippen molar-refractivity contribution >= 4 is 11.9 Å². The topological polar surface area (TPSA) is 52.9 Å². The molecule has 1 aromatic heterocycles. The third-order valence-electron chi connectivity index (χ3n) is 4.99. The van der Waals surface area contributed by atoms with Crippen molar-refractivity contribution in [3.05, 3.63) is 59.4 Å². The second-order valence-electron chi connectivity index (χ2n) is 6.97. The van der Waals surface area contributed by atoms with E-state index in [-0.39, 0.29) is 12.5 Å². The first-order valence-corrected chi connectivity index (χ1v) is 9.52. The summed E-state index contributed by atoms with van der Waals surface area (Å²) in [5.41, 5.74) is 3.79. The maximum Gasteiger partial charge on any atom is 0.244 e. The molecule has 1 amide bonds. The summed E-state index contributed by atoms with van der Waals surface area (Å²) in [7, 11) is 4.03. The molecule has 0 saturated heterocycles. The summed E-state index contributed by atoms with van der Waals surface area (Å²) in [5, 5.41) is 3.28. The van der Waals surface area contributed by atoms with E-state index in [1.807, 2.05) is 44.2 Å². The number of benzene rings is 1. The summed E-state index contributed by atoms with van der Waals surface area (Å²) < 4.78 is 2.09. The second kappa shape index (κ2) is 8.75. The molecule has 2 aromatic rings. The lowest BCUT2D eigenvalue weighted by molar-refractivity contribution is -0.130. The highest BCUT2D eigenvalue weighted by atomic mass is 16.2. The van der Waals surface area contributed by atoms with Gasteiger partial charge in [-0.15, -0.1) is 0 Å². The van der Waals surface area contributed by atoms with Crippen molar-refractivity contribution in [1.82, 2.24) is 19.7 Å². The Bertz CT molecular complexity index is 810. The molecule has 0 radical (unpaired) electrons. The van der Waals surface area contributed by atoms with Crippen LogP contribution in [0.25, 0.3) is 0 Å². The second-order valence-corrected chi connectivity index (χ2v) is 6.97. The van der Waals surface area contributed by atoms with Gasteiger partial charge in [0.2, 0.25) is 5.91 Å². The number of nitrogens with zero attached hydrogens (tertiary/aromatic N) is 4. The van der Waals surface area contributed by atoms with Crippen molar-refractivity contribution in [1.29, 1.82) is 0 Å². The third kappa shape index (κ3) is 4.70. The molecule has 3 rings (SSSR count). The number of aryl methyl sites for hydroxylation is 1. The molecule has 0 saturated carbocycles. The van der Waals surface area contributed by atoms with Crippen LogP contribution in [-0.2, 0) is 31.4 Å². The van der Waals surface area contributed by atoms with Crippen LogP contribution >= 0.6 is 0 Å². The number of rotatable bonds is 5. The Hall–Kier alpha value is -2.76. The molecule has 144 valence electrons. The number of carbonyl (C=O) groups excluding carboxylic acids is 1. The van der Waals surface area contributed by atoms with Gasteiger partial charge in [0.1, 0.15) is 6.54 Å². The molecule has 0 fully saturated rings. The molecule has 2 heterocycles. The lowest BCUT2D eigenvalue weighted by Gasteiger charge is -2.29. The van der Waals surface area contributed by atoms with Crippen LogP contribution in [0.2, 0.25) is 0 Å². The predicted octanol–water partition coefficient (Wildman–Crippen LogP) is 2.01. The molecule has 0 bridgehead atoms. The number of carbonyl (C=O) groups is 1. The van der Waals surface area contributed by atoms with Gasteiger partial charge >= 0.3 is 0 Å². The van der Waals surface area contributed by atoms with Crippen LogP contribution in [-0.4, -0.2) is 52.9 Å². The number of aliphatic imine (C=N–C) groups is 1. The first kappa shape index (κ1) is 19.0. The van der Waals surface area contributed by atoms with Gasteiger partial charge in [0.25, 0.3) is 0 Å². The fourth-order valence-corrected chi connectivity index (χ4v) is 3.40. The van der Waals surface area contributed by atoms with Crippen LogP contribution in [0.1, 0.15) is 23.7 Å². The average Bonchev–Trinajstić information content (AvgIpc) is 3.08. The van der Waals surface area contributed by atoms with Gasteiger partial charge in [-0.05, 0) is 36.6 Å². The normalized spacial score (nSPS) is 14.0. The summed E-state index contributed by atoms with van der Waals surface area (Å²) in [6.07, 6.45) is 2.95. The SMILES string of the molecule is CCNC(=NCC(=O)N1CCc2ccccc2C1)N(C)Cc1cccn1C.